The topological polar surface area (TPSA) is 157 Å². The van der Waals surface area contributed by atoms with Gasteiger partial charge in [-0.25, -0.2) is 26.8 Å². The van der Waals surface area contributed by atoms with Crippen LogP contribution in [0.3, 0.4) is 0 Å². The highest BCUT2D eigenvalue weighted by Crippen LogP contribution is 2.24. The first-order valence-electron chi connectivity index (χ1n) is 11.9. The minimum Gasteiger partial charge on any atom is -0.338 e. The Balaban J connectivity index is 1.44. The normalized spacial score (nSPS) is 14.5. The number of hydrogen-bond donors (Lipinski definition) is 1. The van der Waals surface area contributed by atoms with Crippen molar-refractivity contribution in [1.29, 1.82) is 5.26 Å². The van der Waals surface area contributed by atoms with Gasteiger partial charge in [0.2, 0.25) is 26.0 Å². The molecular formula is C25H27N7O5S2. The molecule has 0 radical (unpaired) electrons. The van der Waals surface area contributed by atoms with E-state index in [1.807, 2.05) is 11.0 Å². The lowest BCUT2D eigenvalue weighted by Gasteiger charge is -2.34. The monoisotopic (exact) mass is 569 g/mol. The number of hydrogen-bond acceptors (Lipinski definition) is 9. The smallest absolute Gasteiger partial charge is 0.257 e. The number of rotatable bonds is 7. The number of nitriles is 1. The SMILES string of the molecule is Cc1cc(C#N)nc(N2CCN(S(=O)(=O)c3ccc(NC(=O)c4ccccc4N(C)S(C)(=O)=O)cc3)CC2)n1. The summed E-state index contributed by atoms with van der Waals surface area (Å²) in [6, 6.07) is 15.7. The number of piperazine rings is 1. The first-order chi connectivity index (χ1) is 18.4. The summed E-state index contributed by atoms with van der Waals surface area (Å²) in [5.41, 5.74) is 1.64. The quantitative estimate of drug-likeness (QED) is 0.448. The highest BCUT2D eigenvalue weighted by atomic mass is 32.2. The molecule has 1 aliphatic heterocycles. The lowest BCUT2D eigenvalue weighted by atomic mass is 10.1. The fraction of sp³-hybridized carbons (Fsp3) is 0.280. The van der Waals surface area contributed by atoms with E-state index >= 15 is 0 Å². The predicted molar refractivity (Wildman–Crippen MR) is 147 cm³/mol. The molecule has 12 nitrogen and oxygen atoms in total. The third-order valence-electron chi connectivity index (χ3n) is 6.21. The summed E-state index contributed by atoms with van der Waals surface area (Å²) in [6.07, 6.45) is 1.04. The summed E-state index contributed by atoms with van der Waals surface area (Å²) in [6.45, 7) is 2.92. The van der Waals surface area contributed by atoms with Crippen LogP contribution in [0.15, 0.2) is 59.5 Å². The average molecular weight is 570 g/mol. The van der Waals surface area contributed by atoms with E-state index in [-0.39, 0.29) is 34.9 Å². The van der Waals surface area contributed by atoms with Crippen molar-refractivity contribution in [2.24, 2.45) is 0 Å². The van der Waals surface area contributed by atoms with Gasteiger partial charge in [0.15, 0.2) is 0 Å². The van der Waals surface area contributed by atoms with E-state index in [2.05, 4.69) is 15.3 Å². The molecule has 1 aromatic heterocycles. The van der Waals surface area contributed by atoms with Crippen molar-refractivity contribution in [2.45, 2.75) is 11.8 Å². The molecule has 2 aromatic carbocycles. The van der Waals surface area contributed by atoms with Gasteiger partial charge in [-0.05, 0) is 49.4 Å². The molecule has 3 aromatic rings. The molecular weight excluding hydrogens is 542 g/mol. The van der Waals surface area contributed by atoms with E-state index in [0.717, 1.165) is 10.6 Å². The third kappa shape index (κ3) is 6.17. The Labute approximate surface area is 227 Å². The second kappa shape index (κ2) is 11.0. The van der Waals surface area contributed by atoms with Crippen LogP contribution in [0, 0.1) is 18.3 Å². The Morgan fingerprint density at radius 3 is 2.26 bits per heavy atom. The molecule has 39 heavy (non-hydrogen) atoms. The van der Waals surface area contributed by atoms with E-state index in [1.54, 1.807) is 25.1 Å². The van der Waals surface area contributed by atoms with Gasteiger partial charge in [0.25, 0.3) is 5.91 Å². The van der Waals surface area contributed by atoms with Gasteiger partial charge in [-0.1, -0.05) is 12.1 Å². The maximum atomic E-state index is 13.2. The number of aryl methyl sites for hydroxylation is 1. The van der Waals surface area contributed by atoms with Crippen LogP contribution in [0.25, 0.3) is 0 Å². The van der Waals surface area contributed by atoms with E-state index in [4.69, 9.17) is 5.26 Å². The number of carbonyl (C=O) groups excluding carboxylic acids is 1. The van der Waals surface area contributed by atoms with Crippen LogP contribution in [0.2, 0.25) is 0 Å². The van der Waals surface area contributed by atoms with Gasteiger partial charge in [-0.3, -0.25) is 9.10 Å². The highest BCUT2D eigenvalue weighted by Gasteiger charge is 2.29. The van der Waals surface area contributed by atoms with E-state index in [1.165, 1.54) is 47.8 Å². The number of sulfonamides is 2. The van der Waals surface area contributed by atoms with E-state index < -0.39 is 26.0 Å². The number of carbonyl (C=O) groups is 1. The Morgan fingerprint density at radius 1 is 1.00 bits per heavy atom. The molecule has 0 atom stereocenters. The van der Waals surface area contributed by atoms with Crippen molar-refractivity contribution in [1.82, 2.24) is 14.3 Å². The van der Waals surface area contributed by atoms with Crippen LogP contribution in [0.4, 0.5) is 17.3 Å². The summed E-state index contributed by atoms with van der Waals surface area (Å²) in [4.78, 5) is 23.4. The Morgan fingerprint density at radius 2 is 1.64 bits per heavy atom. The molecule has 1 aliphatic rings. The second-order valence-corrected chi connectivity index (χ2v) is 12.9. The maximum absolute atomic E-state index is 13.2. The van der Waals surface area contributed by atoms with Gasteiger partial charge in [0.05, 0.1) is 22.4 Å². The first-order valence-corrected chi connectivity index (χ1v) is 15.1. The summed E-state index contributed by atoms with van der Waals surface area (Å²) in [5, 5.41) is 11.8. The number of amides is 1. The van der Waals surface area contributed by atoms with Crippen LogP contribution in [-0.2, 0) is 20.0 Å². The van der Waals surface area contributed by atoms with Crippen LogP contribution in [0.1, 0.15) is 21.7 Å². The molecule has 1 saturated heterocycles. The fourth-order valence-electron chi connectivity index (χ4n) is 4.06. The molecule has 0 saturated carbocycles. The number of para-hydroxylation sites is 1. The second-order valence-electron chi connectivity index (χ2n) is 8.92. The van der Waals surface area contributed by atoms with Crippen molar-refractivity contribution in [2.75, 3.05) is 54.0 Å². The van der Waals surface area contributed by atoms with Gasteiger partial charge in [0, 0.05) is 44.6 Å². The van der Waals surface area contributed by atoms with Crippen molar-refractivity contribution in [3.05, 3.63) is 71.5 Å². The standard InChI is InChI=1S/C25H27N7O5S2/c1-18-16-20(17-26)29-25(27-18)31-12-14-32(15-13-31)39(36,37)21-10-8-19(9-11-21)28-24(33)22-6-4-5-7-23(22)30(2)38(3,34)35/h4-11,16H,12-15H2,1-3H3,(H,28,33). The molecule has 0 unspecified atom stereocenters. The van der Waals surface area contributed by atoms with E-state index in [9.17, 15) is 21.6 Å². The van der Waals surface area contributed by atoms with Crippen LogP contribution < -0.4 is 14.5 Å². The molecule has 0 bridgehead atoms. The summed E-state index contributed by atoms with van der Waals surface area (Å²) in [7, 11) is -6.02. The zero-order valence-corrected chi connectivity index (χ0v) is 23.2. The molecule has 14 heteroatoms. The maximum Gasteiger partial charge on any atom is 0.257 e. The minimum atomic E-state index is -3.79. The number of benzene rings is 2. The summed E-state index contributed by atoms with van der Waals surface area (Å²) >= 11 is 0. The first kappa shape index (κ1) is 28.0. The lowest BCUT2D eigenvalue weighted by molar-refractivity contribution is 0.102. The Bertz CT molecular complexity index is 1640. The van der Waals surface area contributed by atoms with Crippen LogP contribution >= 0.6 is 0 Å². The minimum absolute atomic E-state index is 0.0738. The summed E-state index contributed by atoms with van der Waals surface area (Å²) < 4.78 is 52.8. The molecule has 0 aliphatic carbocycles. The van der Waals surface area contributed by atoms with Gasteiger partial charge in [-0.2, -0.15) is 9.57 Å². The van der Waals surface area contributed by atoms with Crippen molar-refractivity contribution >= 4 is 43.3 Å². The molecule has 1 N–H and O–H groups in total. The van der Waals surface area contributed by atoms with Crippen molar-refractivity contribution < 1.29 is 21.6 Å². The number of anilines is 3. The van der Waals surface area contributed by atoms with Gasteiger partial charge >= 0.3 is 0 Å². The zero-order chi connectivity index (χ0) is 28.4. The molecule has 1 amide bonds. The Kier molecular flexibility index (Phi) is 7.86. The van der Waals surface area contributed by atoms with Crippen LogP contribution in [0.5, 0.6) is 0 Å². The molecule has 2 heterocycles. The van der Waals surface area contributed by atoms with E-state index in [0.29, 0.717) is 30.4 Å². The summed E-state index contributed by atoms with van der Waals surface area (Å²) in [5.74, 6) is -0.140. The average Bonchev–Trinajstić information content (AvgIpc) is 2.92. The van der Waals surface area contributed by atoms with Crippen molar-refractivity contribution in [3.63, 3.8) is 0 Å². The van der Waals surface area contributed by atoms with Crippen LogP contribution in [-0.4, -0.2) is 76.5 Å². The van der Waals surface area contributed by atoms with Gasteiger partial charge in [0.1, 0.15) is 11.8 Å². The number of nitrogens with zero attached hydrogens (tertiary/aromatic N) is 6. The predicted octanol–water partition coefficient (Wildman–Crippen LogP) is 1.82. The fourth-order valence-corrected chi connectivity index (χ4v) is 6.00. The molecule has 1 fully saturated rings. The van der Waals surface area contributed by atoms with Crippen molar-refractivity contribution in [3.8, 4) is 6.07 Å². The van der Waals surface area contributed by atoms with Gasteiger partial charge < -0.3 is 10.2 Å². The highest BCUT2D eigenvalue weighted by molar-refractivity contribution is 7.92. The molecule has 4 rings (SSSR count). The number of nitrogens with one attached hydrogen (secondary N) is 1. The molecule has 204 valence electrons. The van der Waals surface area contributed by atoms with Gasteiger partial charge in [-0.15, -0.1) is 0 Å². The molecule has 0 spiro atoms. The largest absolute Gasteiger partial charge is 0.338 e. The Hall–Kier alpha value is -4.06. The third-order valence-corrected chi connectivity index (χ3v) is 9.32. The lowest BCUT2D eigenvalue weighted by Crippen LogP contribution is -2.49. The zero-order valence-electron chi connectivity index (χ0n) is 21.6. The number of aromatic nitrogens is 2.